The van der Waals surface area contributed by atoms with E-state index in [1.165, 1.54) is 5.56 Å². The van der Waals surface area contributed by atoms with Gasteiger partial charge in [-0.3, -0.25) is 0 Å². The van der Waals surface area contributed by atoms with Gasteiger partial charge in [0.05, 0.1) is 5.69 Å². The minimum Gasteiger partial charge on any atom is -0.207 e. The molecule has 0 aliphatic carbocycles. The van der Waals surface area contributed by atoms with Crippen LogP contribution in [0, 0.1) is 6.92 Å². The van der Waals surface area contributed by atoms with Crippen molar-refractivity contribution in [2.45, 2.75) is 26.7 Å². The molecule has 1 aromatic carbocycles. The summed E-state index contributed by atoms with van der Waals surface area (Å²) in [6, 6.07) is 8.26. The van der Waals surface area contributed by atoms with E-state index in [2.05, 4.69) is 58.1 Å². The summed E-state index contributed by atoms with van der Waals surface area (Å²) in [5.41, 5.74) is 2.36. The molecule has 1 aromatic heterocycles. The molecule has 16 heavy (non-hydrogen) atoms. The Morgan fingerprint density at radius 3 is 2.50 bits per heavy atom. The second-order valence-corrected chi connectivity index (χ2v) is 4.76. The molecule has 0 aliphatic heterocycles. The van der Waals surface area contributed by atoms with Crippen molar-refractivity contribution in [1.29, 1.82) is 0 Å². The lowest BCUT2D eigenvalue weighted by Gasteiger charge is -2.12. The molecule has 0 bridgehead atoms. The minimum atomic E-state index is 0.465. The maximum atomic E-state index is 4.38. The van der Waals surface area contributed by atoms with Gasteiger partial charge in [-0.1, -0.05) is 32.0 Å². The highest BCUT2D eigenvalue weighted by molar-refractivity contribution is 9.10. The molecule has 0 radical (unpaired) electrons. The molecule has 0 atom stereocenters. The van der Waals surface area contributed by atoms with Gasteiger partial charge in [0.1, 0.15) is 5.82 Å². The molecule has 0 N–H and O–H groups in total. The van der Waals surface area contributed by atoms with Crippen LogP contribution >= 0.6 is 15.9 Å². The Labute approximate surface area is 104 Å². The summed E-state index contributed by atoms with van der Waals surface area (Å²) >= 11 is 3.43. The first-order chi connectivity index (χ1) is 7.59. The van der Waals surface area contributed by atoms with E-state index in [1.807, 2.05) is 17.7 Å². The Hall–Kier alpha value is -1.16. The molecular formula is C12H14BrN3. The van der Waals surface area contributed by atoms with Crippen LogP contribution in [0.4, 0.5) is 0 Å². The molecule has 0 spiro atoms. The van der Waals surface area contributed by atoms with E-state index in [4.69, 9.17) is 0 Å². The molecule has 84 valence electrons. The third kappa shape index (κ3) is 2.02. The van der Waals surface area contributed by atoms with E-state index in [0.717, 1.165) is 16.2 Å². The molecule has 4 heteroatoms. The molecule has 0 fully saturated rings. The van der Waals surface area contributed by atoms with Crippen molar-refractivity contribution in [2.24, 2.45) is 0 Å². The Morgan fingerprint density at radius 2 is 1.94 bits per heavy atom. The fourth-order valence-electron chi connectivity index (χ4n) is 1.71. The van der Waals surface area contributed by atoms with Gasteiger partial charge in [-0.2, -0.15) is 5.10 Å². The van der Waals surface area contributed by atoms with Gasteiger partial charge in [-0.05, 0) is 40.4 Å². The zero-order valence-electron chi connectivity index (χ0n) is 9.61. The van der Waals surface area contributed by atoms with Gasteiger partial charge in [0.25, 0.3) is 0 Å². The van der Waals surface area contributed by atoms with E-state index >= 15 is 0 Å². The highest BCUT2D eigenvalue weighted by atomic mass is 79.9. The lowest BCUT2D eigenvalue weighted by molar-refractivity contribution is 0.792. The number of halogens is 1. The highest BCUT2D eigenvalue weighted by Gasteiger charge is 2.12. The molecule has 2 rings (SSSR count). The third-order valence-corrected chi connectivity index (χ3v) is 2.97. The lowest BCUT2D eigenvalue weighted by Crippen LogP contribution is -2.03. The molecule has 0 saturated carbocycles. The number of benzene rings is 1. The smallest absolute Gasteiger partial charge is 0.200 e. The molecular weight excluding hydrogens is 266 g/mol. The van der Waals surface area contributed by atoms with Gasteiger partial charge in [0.2, 0.25) is 0 Å². The van der Waals surface area contributed by atoms with E-state index < -0.39 is 0 Å². The van der Waals surface area contributed by atoms with Crippen LogP contribution in [0.5, 0.6) is 0 Å². The Balaban J connectivity index is 2.59. The Morgan fingerprint density at radius 1 is 1.25 bits per heavy atom. The average molecular weight is 280 g/mol. The number of aromatic nitrogens is 3. The van der Waals surface area contributed by atoms with Crippen molar-refractivity contribution in [3.8, 4) is 5.69 Å². The summed E-state index contributed by atoms with van der Waals surface area (Å²) in [6.45, 7) is 6.24. The van der Waals surface area contributed by atoms with E-state index in [1.54, 1.807) is 0 Å². The topological polar surface area (TPSA) is 30.7 Å². The van der Waals surface area contributed by atoms with Gasteiger partial charge in [-0.25, -0.2) is 9.67 Å². The van der Waals surface area contributed by atoms with Crippen LogP contribution in [0.3, 0.4) is 0 Å². The van der Waals surface area contributed by atoms with E-state index in [0.29, 0.717) is 5.92 Å². The summed E-state index contributed by atoms with van der Waals surface area (Å²) in [5.74, 6) is 1.23. The number of rotatable bonds is 2. The molecule has 3 nitrogen and oxygen atoms in total. The maximum Gasteiger partial charge on any atom is 0.200 e. The van der Waals surface area contributed by atoms with Gasteiger partial charge in [0, 0.05) is 0 Å². The molecule has 1 heterocycles. The fraction of sp³-hybridized carbons (Fsp3) is 0.333. The number of aryl methyl sites for hydroxylation is 1. The Bertz CT molecular complexity index is 503. The van der Waals surface area contributed by atoms with Crippen molar-refractivity contribution in [3.05, 3.63) is 40.4 Å². The van der Waals surface area contributed by atoms with Crippen LogP contribution in [0.2, 0.25) is 0 Å². The van der Waals surface area contributed by atoms with Crippen LogP contribution in [0.15, 0.2) is 29.0 Å². The lowest BCUT2D eigenvalue weighted by atomic mass is 10.0. The predicted molar refractivity (Wildman–Crippen MR) is 67.9 cm³/mol. The first kappa shape index (κ1) is 11.3. The average Bonchev–Trinajstić information content (AvgIpc) is 2.57. The second kappa shape index (κ2) is 4.37. The van der Waals surface area contributed by atoms with Crippen LogP contribution in [-0.2, 0) is 0 Å². The third-order valence-electron chi connectivity index (χ3n) is 2.46. The summed E-state index contributed by atoms with van der Waals surface area (Å²) in [5, 5.41) is 4.38. The number of para-hydroxylation sites is 1. The first-order valence-corrected chi connectivity index (χ1v) is 6.07. The first-order valence-electron chi connectivity index (χ1n) is 5.28. The minimum absolute atomic E-state index is 0.465. The van der Waals surface area contributed by atoms with Gasteiger partial charge >= 0.3 is 0 Å². The van der Waals surface area contributed by atoms with Crippen molar-refractivity contribution in [3.63, 3.8) is 0 Å². The normalized spacial score (nSPS) is 11.1. The number of hydrogen-bond acceptors (Lipinski definition) is 2. The summed E-state index contributed by atoms with van der Waals surface area (Å²) < 4.78 is 2.59. The summed E-state index contributed by atoms with van der Waals surface area (Å²) in [6.07, 6.45) is 0. The standard InChI is InChI=1S/C12H14BrN3/c1-8(2)10-6-4-5-7-11(10)16-12(13)14-9(3)15-16/h4-8H,1-3H3. The SMILES string of the molecule is Cc1nc(Br)n(-c2ccccc2C(C)C)n1. The Kier molecular flexibility index (Phi) is 3.10. The quantitative estimate of drug-likeness (QED) is 0.843. The van der Waals surface area contributed by atoms with Crippen LogP contribution in [0.1, 0.15) is 31.2 Å². The molecule has 2 aromatic rings. The second-order valence-electron chi connectivity index (χ2n) is 4.05. The molecule has 0 amide bonds. The molecule has 0 aliphatic rings. The van der Waals surface area contributed by atoms with E-state index in [-0.39, 0.29) is 0 Å². The van der Waals surface area contributed by atoms with Gasteiger partial charge in [0.15, 0.2) is 4.73 Å². The molecule has 0 saturated heterocycles. The molecule has 0 unspecified atom stereocenters. The monoisotopic (exact) mass is 279 g/mol. The number of nitrogens with zero attached hydrogens (tertiary/aromatic N) is 3. The van der Waals surface area contributed by atoms with Crippen LogP contribution < -0.4 is 0 Å². The van der Waals surface area contributed by atoms with Crippen molar-refractivity contribution in [2.75, 3.05) is 0 Å². The van der Waals surface area contributed by atoms with Crippen molar-refractivity contribution < 1.29 is 0 Å². The van der Waals surface area contributed by atoms with Crippen molar-refractivity contribution >= 4 is 15.9 Å². The van der Waals surface area contributed by atoms with E-state index in [9.17, 15) is 0 Å². The predicted octanol–water partition coefficient (Wildman–Crippen LogP) is 3.46. The highest BCUT2D eigenvalue weighted by Crippen LogP contribution is 2.24. The van der Waals surface area contributed by atoms with Crippen LogP contribution in [0.25, 0.3) is 5.69 Å². The summed E-state index contributed by atoms with van der Waals surface area (Å²) in [4.78, 5) is 4.26. The van der Waals surface area contributed by atoms with Gasteiger partial charge < -0.3 is 0 Å². The zero-order chi connectivity index (χ0) is 11.7. The van der Waals surface area contributed by atoms with Gasteiger partial charge in [-0.15, -0.1) is 0 Å². The van der Waals surface area contributed by atoms with Crippen molar-refractivity contribution in [1.82, 2.24) is 14.8 Å². The maximum absolute atomic E-state index is 4.38. The number of hydrogen-bond donors (Lipinski definition) is 0. The van der Waals surface area contributed by atoms with Crippen LogP contribution in [-0.4, -0.2) is 14.8 Å². The fourth-order valence-corrected chi connectivity index (χ4v) is 2.24. The largest absolute Gasteiger partial charge is 0.207 e. The zero-order valence-corrected chi connectivity index (χ0v) is 11.2. The summed E-state index contributed by atoms with van der Waals surface area (Å²) in [7, 11) is 0.